The zero-order chi connectivity index (χ0) is 14.3. The van der Waals surface area contributed by atoms with Gasteiger partial charge in [-0.15, -0.1) is 0 Å². The molecule has 0 saturated carbocycles. The van der Waals surface area contributed by atoms with Crippen LogP contribution in [0.4, 0.5) is 0 Å². The van der Waals surface area contributed by atoms with Crippen LogP contribution in [0.15, 0.2) is 0 Å². The van der Waals surface area contributed by atoms with E-state index in [-0.39, 0.29) is 6.04 Å². The largest absolute Gasteiger partial charge is 0.315 e. The zero-order valence-corrected chi connectivity index (χ0v) is 13.4. The van der Waals surface area contributed by atoms with E-state index in [4.69, 9.17) is 0 Å². The first-order chi connectivity index (χ1) is 9.04. The lowest BCUT2D eigenvalue weighted by molar-refractivity contribution is 0.230. The Morgan fingerprint density at radius 1 is 1.26 bits per heavy atom. The lowest BCUT2D eigenvalue weighted by Gasteiger charge is -2.37. The highest BCUT2D eigenvalue weighted by molar-refractivity contribution is 7.86. The van der Waals surface area contributed by atoms with Crippen LogP contribution in [0, 0.1) is 0 Å². The second kappa shape index (κ2) is 8.19. The van der Waals surface area contributed by atoms with Crippen LogP contribution in [0.25, 0.3) is 0 Å². The molecule has 1 atom stereocenters. The molecule has 0 aliphatic carbocycles. The van der Waals surface area contributed by atoms with Gasteiger partial charge >= 0.3 is 0 Å². The third-order valence-corrected chi connectivity index (χ3v) is 5.65. The Labute approximate surface area is 118 Å². The molecule has 0 bridgehead atoms. The first-order valence-corrected chi connectivity index (χ1v) is 8.87. The molecule has 1 fully saturated rings. The molecule has 1 saturated heterocycles. The van der Waals surface area contributed by atoms with Gasteiger partial charge in [-0.1, -0.05) is 20.3 Å². The molecule has 1 rings (SSSR count). The van der Waals surface area contributed by atoms with Crippen molar-refractivity contribution in [3.05, 3.63) is 0 Å². The molecule has 0 amide bonds. The predicted octanol–water partition coefficient (Wildman–Crippen LogP) is 1.43. The molecule has 0 radical (unpaired) electrons. The summed E-state index contributed by atoms with van der Waals surface area (Å²) in [5.74, 6) is 0. The molecule has 6 heteroatoms. The summed E-state index contributed by atoms with van der Waals surface area (Å²) in [5, 5.41) is 3.35. The second-order valence-electron chi connectivity index (χ2n) is 5.29. The SMILES string of the molecule is CCCNCC1CCCCN1S(=O)(=O)N(C)CCC. The predicted molar refractivity (Wildman–Crippen MR) is 79.3 cm³/mol. The third kappa shape index (κ3) is 4.70. The minimum absolute atomic E-state index is 0.115. The van der Waals surface area contributed by atoms with Gasteiger partial charge in [-0.25, -0.2) is 0 Å². The van der Waals surface area contributed by atoms with E-state index in [2.05, 4.69) is 12.2 Å². The minimum Gasteiger partial charge on any atom is -0.315 e. The molecule has 0 aromatic rings. The van der Waals surface area contributed by atoms with Crippen LogP contribution in [0.3, 0.4) is 0 Å². The number of hydrogen-bond donors (Lipinski definition) is 1. The quantitative estimate of drug-likeness (QED) is 0.688. The van der Waals surface area contributed by atoms with Gasteiger partial charge in [0.05, 0.1) is 0 Å². The smallest absolute Gasteiger partial charge is 0.282 e. The molecule has 5 nitrogen and oxygen atoms in total. The fraction of sp³-hybridized carbons (Fsp3) is 1.00. The van der Waals surface area contributed by atoms with Crippen molar-refractivity contribution in [2.75, 3.05) is 33.2 Å². The molecule has 1 aliphatic heterocycles. The van der Waals surface area contributed by atoms with Crippen molar-refractivity contribution in [3.8, 4) is 0 Å². The molecule has 0 aromatic carbocycles. The van der Waals surface area contributed by atoms with Crippen LogP contribution in [0.2, 0.25) is 0 Å². The van der Waals surface area contributed by atoms with Crippen molar-refractivity contribution in [2.45, 2.75) is 52.0 Å². The van der Waals surface area contributed by atoms with Crippen LogP contribution in [0.5, 0.6) is 0 Å². The number of piperidine rings is 1. The Morgan fingerprint density at radius 2 is 2.00 bits per heavy atom. The molecular weight excluding hydrogens is 262 g/mol. The minimum atomic E-state index is -3.28. The van der Waals surface area contributed by atoms with E-state index < -0.39 is 10.2 Å². The topological polar surface area (TPSA) is 52.7 Å². The summed E-state index contributed by atoms with van der Waals surface area (Å²) in [4.78, 5) is 0. The van der Waals surface area contributed by atoms with E-state index in [9.17, 15) is 8.42 Å². The zero-order valence-electron chi connectivity index (χ0n) is 12.6. The Morgan fingerprint density at radius 3 is 2.63 bits per heavy atom. The van der Waals surface area contributed by atoms with E-state index in [1.165, 1.54) is 4.31 Å². The van der Waals surface area contributed by atoms with Crippen molar-refractivity contribution in [3.63, 3.8) is 0 Å². The maximum Gasteiger partial charge on any atom is 0.282 e. The summed E-state index contributed by atoms with van der Waals surface area (Å²) in [6.45, 7) is 7.10. The van der Waals surface area contributed by atoms with Crippen molar-refractivity contribution in [1.82, 2.24) is 13.9 Å². The number of nitrogens with one attached hydrogen (secondary N) is 1. The molecular formula is C13H29N3O2S. The second-order valence-corrected chi connectivity index (χ2v) is 7.28. The Bertz CT molecular complexity index is 346. The third-order valence-electron chi connectivity index (χ3n) is 3.61. The molecule has 1 unspecified atom stereocenters. The highest BCUT2D eigenvalue weighted by Crippen LogP contribution is 2.21. The summed E-state index contributed by atoms with van der Waals surface area (Å²) in [5.41, 5.74) is 0. The molecule has 1 N–H and O–H groups in total. The molecule has 0 aromatic heterocycles. The van der Waals surface area contributed by atoms with E-state index in [1.54, 1.807) is 11.4 Å². The van der Waals surface area contributed by atoms with Gasteiger partial charge in [0.25, 0.3) is 10.2 Å². The molecule has 1 heterocycles. The van der Waals surface area contributed by atoms with Crippen molar-refractivity contribution >= 4 is 10.2 Å². The van der Waals surface area contributed by atoms with Crippen molar-refractivity contribution < 1.29 is 8.42 Å². The van der Waals surface area contributed by atoms with Crippen molar-refractivity contribution in [2.24, 2.45) is 0 Å². The van der Waals surface area contributed by atoms with Crippen LogP contribution in [0.1, 0.15) is 46.0 Å². The van der Waals surface area contributed by atoms with Gasteiger partial charge in [-0.3, -0.25) is 0 Å². The molecule has 1 aliphatic rings. The normalized spacial score (nSPS) is 22.0. The summed E-state index contributed by atoms with van der Waals surface area (Å²) in [6, 6.07) is 0.115. The average Bonchev–Trinajstić information content (AvgIpc) is 2.40. The van der Waals surface area contributed by atoms with Gasteiger partial charge in [0.15, 0.2) is 0 Å². The summed E-state index contributed by atoms with van der Waals surface area (Å²) in [6.07, 6.45) is 5.00. The van der Waals surface area contributed by atoms with Crippen LogP contribution in [-0.2, 0) is 10.2 Å². The van der Waals surface area contributed by atoms with Gasteiger partial charge in [-0.05, 0) is 32.2 Å². The van der Waals surface area contributed by atoms with Gasteiger partial charge in [0.1, 0.15) is 0 Å². The molecule has 19 heavy (non-hydrogen) atoms. The Balaban J connectivity index is 2.69. The standard InChI is InChI=1S/C13H29N3O2S/c1-4-9-14-12-13-8-6-7-11-16(13)19(17,18)15(3)10-5-2/h13-14H,4-12H2,1-3H3. The van der Waals surface area contributed by atoms with Crippen LogP contribution < -0.4 is 5.32 Å². The van der Waals surface area contributed by atoms with Crippen molar-refractivity contribution in [1.29, 1.82) is 0 Å². The average molecular weight is 291 g/mol. The van der Waals surface area contributed by atoms with E-state index >= 15 is 0 Å². The summed E-state index contributed by atoms with van der Waals surface area (Å²) >= 11 is 0. The fourth-order valence-electron chi connectivity index (χ4n) is 2.54. The van der Waals surface area contributed by atoms with Gasteiger partial charge in [-0.2, -0.15) is 17.0 Å². The summed E-state index contributed by atoms with van der Waals surface area (Å²) < 4.78 is 28.3. The number of rotatable bonds is 8. The lowest BCUT2D eigenvalue weighted by atomic mass is 10.1. The fourth-order valence-corrected chi connectivity index (χ4v) is 4.22. The Kier molecular flexibility index (Phi) is 7.28. The lowest BCUT2D eigenvalue weighted by Crippen LogP contribution is -2.52. The highest BCUT2D eigenvalue weighted by atomic mass is 32.2. The molecule has 0 spiro atoms. The van der Waals surface area contributed by atoms with E-state index in [1.807, 2.05) is 6.92 Å². The first kappa shape index (κ1) is 16.9. The van der Waals surface area contributed by atoms with Crippen LogP contribution in [-0.4, -0.2) is 56.3 Å². The Hall–Kier alpha value is -0.170. The van der Waals surface area contributed by atoms with Gasteiger partial charge in [0.2, 0.25) is 0 Å². The van der Waals surface area contributed by atoms with E-state index in [0.29, 0.717) is 13.1 Å². The van der Waals surface area contributed by atoms with Gasteiger partial charge < -0.3 is 5.32 Å². The summed E-state index contributed by atoms with van der Waals surface area (Å²) in [7, 11) is -1.60. The van der Waals surface area contributed by atoms with Crippen LogP contribution >= 0.6 is 0 Å². The van der Waals surface area contributed by atoms with E-state index in [0.717, 1.165) is 45.2 Å². The number of hydrogen-bond acceptors (Lipinski definition) is 3. The highest BCUT2D eigenvalue weighted by Gasteiger charge is 2.34. The maximum atomic E-state index is 12.5. The van der Waals surface area contributed by atoms with Gasteiger partial charge in [0, 0.05) is 32.7 Å². The first-order valence-electron chi connectivity index (χ1n) is 7.47. The monoisotopic (exact) mass is 291 g/mol. The maximum absolute atomic E-state index is 12.5. The number of nitrogens with zero attached hydrogens (tertiary/aromatic N) is 2. The molecule has 114 valence electrons.